The number of hydrogen-bond acceptors (Lipinski definition) is 5. The summed E-state index contributed by atoms with van der Waals surface area (Å²) in [5.41, 5.74) is 6.76. The molecule has 0 aliphatic heterocycles. The van der Waals surface area contributed by atoms with Crippen LogP contribution in [0.3, 0.4) is 0 Å². The molecule has 0 radical (unpaired) electrons. The van der Waals surface area contributed by atoms with E-state index in [2.05, 4.69) is 4.98 Å². The van der Waals surface area contributed by atoms with Crippen LogP contribution in [0.4, 0.5) is 5.69 Å². The minimum Gasteiger partial charge on any atom is -0.493 e. The summed E-state index contributed by atoms with van der Waals surface area (Å²) >= 11 is 6.19. The molecule has 0 unspecified atom stereocenters. The number of aromatic nitrogens is 1. The third-order valence-electron chi connectivity index (χ3n) is 2.62. The Morgan fingerprint density at radius 1 is 1.11 bits per heavy atom. The molecule has 0 aliphatic carbocycles. The fourth-order valence-electron chi connectivity index (χ4n) is 1.80. The molecule has 5 nitrogen and oxygen atoms in total. The summed E-state index contributed by atoms with van der Waals surface area (Å²) in [5, 5.41) is 0.995. The maximum Gasteiger partial charge on any atom is 0.204 e. The maximum absolute atomic E-state index is 6.19. The molecule has 0 saturated heterocycles. The van der Waals surface area contributed by atoms with E-state index in [4.69, 9.17) is 31.5 Å². The first-order valence-corrected chi connectivity index (χ1v) is 5.54. The number of anilines is 1. The van der Waals surface area contributed by atoms with Gasteiger partial charge in [-0.1, -0.05) is 11.6 Å². The monoisotopic (exact) mass is 268 g/mol. The smallest absolute Gasteiger partial charge is 0.204 e. The number of benzene rings is 1. The second-order valence-electron chi connectivity index (χ2n) is 3.57. The zero-order valence-corrected chi connectivity index (χ0v) is 11.0. The van der Waals surface area contributed by atoms with Gasteiger partial charge in [-0.15, -0.1) is 0 Å². The summed E-state index contributed by atoms with van der Waals surface area (Å²) in [5.74, 6) is 1.44. The van der Waals surface area contributed by atoms with Gasteiger partial charge in [0.05, 0.1) is 49.1 Å². The topological polar surface area (TPSA) is 66.6 Å². The lowest BCUT2D eigenvalue weighted by molar-refractivity contribution is 0.327. The van der Waals surface area contributed by atoms with E-state index in [-0.39, 0.29) is 0 Å². The number of fused-ring (bicyclic) bond motifs is 1. The van der Waals surface area contributed by atoms with Crippen LogP contribution in [-0.4, -0.2) is 26.3 Å². The molecule has 1 aromatic heterocycles. The third kappa shape index (κ3) is 1.76. The number of hydrogen-bond donors (Lipinski definition) is 1. The Hall–Kier alpha value is -1.88. The molecule has 0 fully saturated rings. The first kappa shape index (κ1) is 12.6. The Kier molecular flexibility index (Phi) is 3.34. The van der Waals surface area contributed by atoms with Crippen LogP contribution in [0, 0.1) is 0 Å². The van der Waals surface area contributed by atoms with Gasteiger partial charge in [-0.05, 0) is 0 Å². The minimum absolute atomic E-state index is 0.384. The van der Waals surface area contributed by atoms with Crippen LogP contribution < -0.4 is 19.9 Å². The first-order valence-electron chi connectivity index (χ1n) is 5.16. The SMILES string of the molecule is COc1cc2ncc(N)c(Cl)c2c(OC)c1OC. The second-order valence-corrected chi connectivity index (χ2v) is 3.94. The average molecular weight is 269 g/mol. The van der Waals surface area contributed by atoms with E-state index in [0.717, 1.165) is 0 Å². The van der Waals surface area contributed by atoms with Gasteiger partial charge in [0.2, 0.25) is 5.75 Å². The maximum atomic E-state index is 6.19. The molecule has 2 N–H and O–H groups in total. The van der Waals surface area contributed by atoms with E-state index in [1.807, 2.05) is 0 Å². The van der Waals surface area contributed by atoms with Crippen molar-refractivity contribution >= 4 is 28.2 Å². The molecule has 0 bridgehead atoms. The minimum atomic E-state index is 0.384. The lowest BCUT2D eigenvalue weighted by Crippen LogP contribution is -1.98. The normalized spacial score (nSPS) is 10.4. The number of halogens is 1. The van der Waals surface area contributed by atoms with Crippen molar-refractivity contribution in [3.05, 3.63) is 17.3 Å². The van der Waals surface area contributed by atoms with Gasteiger partial charge in [-0.3, -0.25) is 4.98 Å². The summed E-state index contributed by atoms with van der Waals surface area (Å²) < 4.78 is 15.9. The van der Waals surface area contributed by atoms with Crippen molar-refractivity contribution in [2.75, 3.05) is 27.1 Å². The molecule has 0 spiro atoms. The summed E-state index contributed by atoms with van der Waals surface area (Å²) in [4.78, 5) is 4.21. The Balaban J connectivity index is 2.93. The molecule has 1 aromatic carbocycles. The third-order valence-corrected chi connectivity index (χ3v) is 3.03. The highest BCUT2D eigenvalue weighted by molar-refractivity contribution is 6.38. The van der Waals surface area contributed by atoms with Gasteiger partial charge in [0.15, 0.2) is 11.5 Å². The first-order chi connectivity index (χ1) is 8.63. The number of ether oxygens (including phenoxy) is 3. The largest absolute Gasteiger partial charge is 0.493 e. The number of nitrogens with two attached hydrogens (primary N) is 1. The van der Waals surface area contributed by atoms with Crippen LogP contribution in [0.5, 0.6) is 17.2 Å². The van der Waals surface area contributed by atoms with Gasteiger partial charge >= 0.3 is 0 Å². The fraction of sp³-hybridized carbons (Fsp3) is 0.250. The highest BCUT2D eigenvalue weighted by Crippen LogP contribution is 2.46. The fourth-order valence-corrected chi connectivity index (χ4v) is 2.03. The Labute approximate surface area is 109 Å². The van der Waals surface area contributed by atoms with E-state index in [0.29, 0.717) is 38.9 Å². The molecule has 0 atom stereocenters. The van der Waals surface area contributed by atoms with E-state index in [1.165, 1.54) is 20.4 Å². The summed E-state index contributed by atoms with van der Waals surface area (Å²) in [6, 6.07) is 1.72. The second kappa shape index (κ2) is 4.78. The highest BCUT2D eigenvalue weighted by Gasteiger charge is 2.19. The van der Waals surface area contributed by atoms with Gasteiger partial charge < -0.3 is 19.9 Å². The van der Waals surface area contributed by atoms with Crippen molar-refractivity contribution in [3.8, 4) is 17.2 Å². The van der Waals surface area contributed by atoms with Crippen LogP contribution in [0.15, 0.2) is 12.3 Å². The van der Waals surface area contributed by atoms with Crippen LogP contribution in [0.25, 0.3) is 10.9 Å². The Morgan fingerprint density at radius 2 is 1.78 bits per heavy atom. The quantitative estimate of drug-likeness (QED) is 0.926. The number of pyridine rings is 1. The molecule has 1 heterocycles. The van der Waals surface area contributed by atoms with Crippen molar-refractivity contribution < 1.29 is 14.2 Å². The van der Waals surface area contributed by atoms with Gasteiger partial charge in [0, 0.05) is 6.07 Å². The predicted molar refractivity (Wildman–Crippen MR) is 70.8 cm³/mol. The standard InChI is InChI=1S/C12H13ClN2O3/c1-16-8-4-7-9(10(13)6(14)5-15-7)12(18-3)11(8)17-2/h4-5H,14H2,1-3H3. The molecule has 0 amide bonds. The molecule has 2 aromatic rings. The number of methoxy groups -OCH3 is 3. The number of nitrogens with zero attached hydrogens (tertiary/aromatic N) is 1. The van der Waals surface area contributed by atoms with E-state index in [1.54, 1.807) is 13.2 Å². The Morgan fingerprint density at radius 3 is 2.33 bits per heavy atom. The van der Waals surface area contributed by atoms with Crippen molar-refractivity contribution in [1.29, 1.82) is 0 Å². The molecular weight excluding hydrogens is 256 g/mol. The lowest BCUT2D eigenvalue weighted by Gasteiger charge is -2.15. The van der Waals surface area contributed by atoms with Gasteiger partial charge in [0.1, 0.15) is 0 Å². The summed E-state index contributed by atoms with van der Waals surface area (Å²) in [6.45, 7) is 0. The van der Waals surface area contributed by atoms with Crippen molar-refractivity contribution in [2.24, 2.45) is 0 Å². The highest BCUT2D eigenvalue weighted by atomic mass is 35.5. The summed E-state index contributed by atoms with van der Waals surface area (Å²) in [6.07, 6.45) is 1.50. The van der Waals surface area contributed by atoms with Crippen LogP contribution in [0.2, 0.25) is 5.02 Å². The Bertz CT molecular complexity index is 602. The molecule has 6 heteroatoms. The zero-order valence-electron chi connectivity index (χ0n) is 10.3. The number of rotatable bonds is 3. The molecule has 18 heavy (non-hydrogen) atoms. The predicted octanol–water partition coefficient (Wildman–Crippen LogP) is 2.50. The van der Waals surface area contributed by atoms with Gasteiger partial charge in [0.25, 0.3) is 0 Å². The number of nitrogen functional groups attached to an aromatic ring is 1. The lowest BCUT2D eigenvalue weighted by atomic mass is 10.1. The molecule has 0 saturated carbocycles. The van der Waals surface area contributed by atoms with Gasteiger partial charge in [-0.2, -0.15) is 0 Å². The molecule has 2 rings (SSSR count). The van der Waals surface area contributed by atoms with Crippen molar-refractivity contribution in [1.82, 2.24) is 4.98 Å². The van der Waals surface area contributed by atoms with E-state index >= 15 is 0 Å². The molecular formula is C12H13ClN2O3. The molecule has 0 aliphatic rings. The average Bonchev–Trinajstić information content (AvgIpc) is 2.40. The zero-order chi connectivity index (χ0) is 13.3. The van der Waals surface area contributed by atoms with Crippen LogP contribution >= 0.6 is 11.6 Å². The van der Waals surface area contributed by atoms with Crippen molar-refractivity contribution in [3.63, 3.8) is 0 Å². The van der Waals surface area contributed by atoms with Gasteiger partial charge in [-0.25, -0.2) is 0 Å². The molecule has 96 valence electrons. The summed E-state index contributed by atoms with van der Waals surface area (Å²) in [7, 11) is 4.60. The van der Waals surface area contributed by atoms with E-state index in [9.17, 15) is 0 Å². The van der Waals surface area contributed by atoms with Crippen LogP contribution in [0.1, 0.15) is 0 Å². The van der Waals surface area contributed by atoms with E-state index < -0.39 is 0 Å². The van der Waals surface area contributed by atoms with Crippen molar-refractivity contribution in [2.45, 2.75) is 0 Å². The van der Waals surface area contributed by atoms with Crippen LogP contribution in [-0.2, 0) is 0 Å².